The molecule has 0 heterocycles. The van der Waals surface area contributed by atoms with E-state index in [4.69, 9.17) is 11.6 Å². The maximum absolute atomic E-state index is 6.24. The summed E-state index contributed by atoms with van der Waals surface area (Å²) in [5.41, 5.74) is 2.60. The van der Waals surface area contributed by atoms with Gasteiger partial charge >= 0.3 is 0 Å². The predicted molar refractivity (Wildman–Crippen MR) is 59.3 cm³/mol. The molecule has 0 saturated heterocycles. The lowest BCUT2D eigenvalue weighted by atomic mass is 10.0. The summed E-state index contributed by atoms with van der Waals surface area (Å²) in [6.45, 7) is 6.45. The molecular formula is C12H17Cl. The zero-order valence-corrected chi connectivity index (χ0v) is 9.31. The molecule has 0 aromatic heterocycles. The number of aryl methyl sites for hydroxylation is 1. The van der Waals surface area contributed by atoms with Crippen LogP contribution in [0, 0.1) is 5.92 Å². The lowest BCUT2D eigenvalue weighted by Crippen LogP contribution is -1.98. The number of benzene rings is 1. The molecule has 0 N–H and O–H groups in total. The molecule has 0 nitrogen and oxygen atoms in total. The number of rotatable bonds is 3. The fraction of sp³-hybridized carbons (Fsp3) is 0.500. The minimum Gasteiger partial charge on any atom is -0.118 e. The van der Waals surface area contributed by atoms with Crippen LogP contribution in [0.3, 0.4) is 0 Å². The van der Waals surface area contributed by atoms with Gasteiger partial charge in [-0.3, -0.25) is 0 Å². The molecule has 0 bridgehead atoms. The minimum atomic E-state index is 0.144. The number of hydrogen-bond acceptors (Lipinski definition) is 0. The van der Waals surface area contributed by atoms with Gasteiger partial charge in [-0.2, -0.15) is 0 Å². The number of hydrogen-bond donors (Lipinski definition) is 0. The van der Waals surface area contributed by atoms with Gasteiger partial charge in [0.2, 0.25) is 0 Å². The summed E-state index contributed by atoms with van der Waals surface area (Å²) in [6.07, 6.45) is 1.09. The monoisotopic (exact) mass is 196 g/mol. The van der Waals surface area contributed by atoms with E-state index in [-0.39, 0.29) is 5.38 Å². The first-order valence-corrected chi connectivity index (χ1v) is 5.31. The van der Waals surface area contributed by atoms with E-state index < -0.39 is 0 Å². The van der Waals surface area contributed by atoms with Crippen molar-refractivity contribution >= 4 is 11.6 Å². The Kier molecular flexibility index (Phi) is 3.80. The Labute approximate surface area is 85.9 Å². The third-order valence-electron chi connectivity index (χ3n) is 2.29. The Bertz CT molecular complexity index is 248. The average molecular weight is 197 g/mol. The van der Waals surface area contributed by atoms with Gasteiger partial charge in [-0.1, -0.05) is 45.0 Å². The van der Waals surface area contributed by atoms with E-state index in [2.05, 4.69) is 45.0 Å². The highest BCUT2D eigenvalue weighted by molar-refractivity contribution is 6.20. The van der Waals surface area contributed by atoms with Crippen LogP contribution in [0.5, 0.6) is 0 Å². The van der Waals surface area contributed by atoms with Crippen LogP contribution in [0.1, 0.15) is 37.3 Å². The van der Waals surface area contributed by atoms with Crippen LogP contribution in [0.25, 0.3) is 0 Å². The van der Waals surface area contributed by atoms with Crippen molar-refractivity contribution in [2.75, 3.05) is 0 Å². The first-order chi connectivity index (χ1) is 6.15. The van der Waals surface area contributed by atoms with E-state index in [9.17, 15) is 0 Å². The van der Waals surface area contributed by atoms with Crippen molar-refractivity contribution in [1.82, 2.24) is 0 Å². The molecule has 0 aliphatic heterocycles. The highest BCUT2D eigenvalue weighted by Gasteiger charge is 2.11. The van der Waals surface area contributed by atoms with Crippen LogP contribution in [-0.4, -0.2) is 0 Å². The second-order valence-corrected chi connectivity index (χ2v) is 4.21. The van der Waals surface area contributed by atoms with Gasteiger partial charge in [0.1, 0.15) is 0 Å². The van der Waals surface area contributed by atoms with Gasteiger partial charge in [0.25, 0.3) is 0 Å². The van der Waals surface area contributed by atoms with Crippen molar-refractivity contribution in [1.29, 1.82) is 0 Å². The highest BCUT2D eigenvalue weighted by Crippen LogP contribution is 2.28. The average Bonchev–Trinajstić information content (AvgIpc) is 2.17. The zero-order chi connectivity index (χ0) is 9.84. The Morgan fingerprint density at radius 3 is 2.08 bits per heavy atom. The summed E-state index contributed by atoms with van der Waals surface area (Å²) >= 11 is 6.24. The fourth-order valence-corrected chi connectivity index (χ4v) is 1.47. The van der Waals surface area contributed by atoms with E-state index in [0.29, 0.717) is 5.92 Å². The molecule has 0 fully saturated rings. The van der Waals surface area contributed by atoms with Crippen molar-refractivity contribution in [2.24, 2.45) is 5.92 Å². The summed E-state index contributed by atoms with van der Waals surface area (Å²) in [6, 6.07) is 8.59. The molecule has 1 heteroatoms. The predicted octanol–water partition coefficient (Wildman–Crippen LogP) is 4.18. The third-order valence-corrected chi connectivity index (χ3v) is 3.05. The van der Waals surface area contributed by atoms with E-state index >= 15 is 0 Å². The van der Waals surface area contributed by atoms with Gasteiger partial charge in [-0.25, -0.2) is 0 Å². The molecule has 1 atom stereocenters. The molecule has 0 amide bonds. The lowest BCUT2D eigenvalue weighted by Gasteiger charge is -2.13. The second-order valence-electron chi connectivity index (χ2n) is 3.74. The Balaban J connectivity index is 2.79. The topological polar surface area (TPSA) is 0 Å². The van der Waals surface area contributed by atoms with Crippen LogP contribution in [-0.2, 0) is 6.42 Å². The van der Waals surface area contributed by atoms with Crippen molar-refractivity contribution in [3.63, 3.8) is 0 Å². The maximum atomic E-state index is 6.24. The first-order valence-electron chi connectivity index (χ1n) is 4.88. The molecule has 0 aliphatic rings. The fourth-order valence-electron chi connectivity index (χ4n) is 1.32. The van der Waals surface area contributed by atoms with Crippen molar-refractivity contribution in [3.8, 4) is 0 Å². The molecule has 1 aromatic rings. The van der Waals surface area contributed by atoms with Gasteiger partial charge < -0.3 is 0 Å². The van der Waals surface area contributed by atoms with E-state index in [1.54, 1.807) is 0 Å². The third kappa shape index (κ3) is 2.73. The highest BCUT2D eigenvalue weighted by atomic mass is 35.5. The second kappa shape index (κ2) is 4.66. The normalized spacial score (nSPS) is 13.3. The molecule has 72 valence electrons. The van der Waals surface area contributed by atoms with Crippen LogP contribution in [0.2, 0.25) is 0 Å². The molecule has 13 heavy (non-hydrogen) atoms. The molecular weight excluding hydrogens is 180 g/mol. The summed E-state index contributed by atoms with van der Waals surface area (Å²) in [5, 5.41) is 0.144. The molecule has 0 saturated carbocycles. The number of halogens is 1. The minimum absolute atomic E-state index is 0.144. The standard InChI is InChI=1S/C12H17Cl/c1-4-10-5-7-11(8-6-10)12(13)9(2)3/h5-9,12H,4H2,1-3H3. The molecule has 0 spiro atoms. The zero-order valence-electron chi connectivity index (χ0n) is 8.55. The van der Waals surface area contributed by atoms with Crippen molar-refractivity contribution < 1.29 is 0 Å². The molecule has 1 unspecified atom stereocenters. The maximum Gasteiger partial charge on any atom is 0.0608 e. The number of alkyl halides is 1. The van der Waals surface area contributed by atoms with E-state index in [1.165, 1.54) is 11.1 Å². The quantitative estimate of drug-likeness (QED) is 0.637. The smallest absolute Gasteiger partial charge is 0.0608 e. The Morgan fingerprint density at radius 2 is 1.69 bits per heavy atom. The van der Waals surface area contributed by atoms with Gasteiger partial charge in [0.15, 0.2) is 0 Å². The summed E-state index contributed by atoms with van der Waals surface area (Å²) in [7, 11) is 0. The van der Waals surface area contributed by atoms with Crippen LogP contribution in [0.15, 0.2) is 24.3 Å². The van der Waals surface area contributed by atoms with Gasteiger partial charge in [0, 0.05) is 0 Å². The van der Waals surface area contributed by atoms with Crippen molar-refractivity contribution in [3.05, 3.63) is 35.4 Å². The summed E-state index contributed by atoms with van der Waals surface area (Å²) in [4.78, 5) is 0. The summed E-state index contributed by atoms with van der Waals surface area (Å²) < 4.78 is 0. The molecule has 1 rings (SSSR count). The summed E-state index contributed by atoms with van der Waals surface area (Å²) in [5.74, 6) is 0.495. The van der Waals surface area contributed by atoms with Crippen LogP contribution < -0.4 is 0 Å². The molecule has 1 aromatic carbocycles. The Morgan fingerprint density at radius 1 is 1.15 bits per heavy atom. The van der Waals surface area contributed by atoms with Crippen LogP contribution in [0.4, 0.5) is 0 Å². The SMILES string of the molecule is CCc1ccc(C(Cl)C(C)C)cc1. The molecule has 0 aliphatic carbocycles. The van der Waals surface area contributed by atoms with E-state index in [0.717, 1.165) is 6.42 Å². The first kappa shape index (κ1) is 10.6. The largest absolute Gasteiger partial charge is 0.118 e. The Hall–Kier alpha value is -0.490. The van der Waals surface area contributed by atoms with Gasteiger partial charge in [0.05, 0.1) is 5.38 Å². The van der Waals surface area contributed by atoms with Crippen LogP contribution >= 0.6 is 11.6 Å². The lowest BCUT2D eigenvalue weighted by molar-refractivity contribution is 0.624. The van der Waals surface area contributed by atoms with Gasteiger partial charge in [-0.15, -0.1) is 11.6 Å². The van der Waals surface area contributed by atoms with E-state index in [1.807, 2.05) is 0 Å². The van der Waals surface area contributed by atoms with Crippen molar-refractivity contribution in [2.45, 2.75) is 32.6 Å². The molecule has 0 radical (unpaired) electrons. The van der Waals surface area contributed by atoms with Gasteiger partial charge in [-0.05, 0) is 23.5 Å².